The van der Waals surface area contributed by atoms with E-state index in [1.54, 1.807) is 6.20 Å². The molecule has 1 rings (SSSR count). The summed E-state index contributed by atoms with van der Waals surface area (Å²) >= 11 is 0. The van der Waals surface area contributed by atoms with Crippen LogP contribution in [0.25, 0.3) is 0 Å². The normalized spacial score (nSPS) is 12.8. The summed E-state index contributed by atoms with van der Waals surface area (Å²) in [4.78, 5) is 4.06. The molecule has 0 saturated carbocycles. The van der Waals surface area contributed by atoms with Gasteiger partial charge in [0.2, 0.25) is 5.89 Å². The van der Waals surface area contributed by atoms with E-state index >= 15 is 0 Å². The van der Waals surface area contributed by atoms with Crippen LogP contribution in [0, 0.1) is 6.92 Å². The largest absolute Gasteiger partial charge is 0.445 e. The van der Waals surface area contributed by atoms with Crippen LogP contribution >= 0.6 is 0 Å². The van der Waals surface area contributed by atoms with Gasteiger partial charge >= 0.3 is 0 Å². The van der Waals surface area contributed by atoms with Crippen LogP contribution in [0.5, 0.6) is 0 Å². The van der Waals surface area contributed by atoms with Gasteiger partial charge in [0.15, 0.2) is 0 Å². The van der Waals surface area contributed by atoms with Crippen molar-refractivity contribution in [2.75, 3.05) is 0 Å². The lowest BCUT2D eigenvalue weighted by Gasteiger charge is -2.05. The molecule has 1 unspecified atom stereocenters. The Morgan fingerprint density at radius 1 is 1.83 bits per heavy atom. The van der Waals surface area contributed by atoms with E-state index in [-0.39, 0.29) is 6.04 Å². The van der Waals surface area contributed by atoms with Gasteiger partial charge in [-0.15, -0.1) is 6.58 Å². The van der Waals surface area contributed by atoms with Crippen molar-refractivity contribution in [2.24, 2.45) is 0 Å². The maximum atomic E-state index is 5.27. The van der Waals surface area contributed by atoms with Crippen molar-refractivity contribution < 1.29 is 4.42 Å². The Bertz CT molecular complexity index is 255. The van der Waals surface area contributed by atoms with Gasteiger partial charge in [0.1, 0.15) is 5.76 Å². The van der Waals surface area contributed by atoms with Crippen molar-refractivity contribution in [1.82, 2.24) is 10.3 Å². The van der Waals surface area contributed by atoms with E-state index in [0.29, 0.717) is 6.54 Å². The highest BCUT2D eigenvalue weighted by Gasteiger charge is 2.00. The quantitative estimate of drug-likeness (QED) is 0.691. The van der Waals surface area contributed by atoms with Crippen LogP contribution in [-0.2, 0) is 6.54 Å². The average molecular weight is 166 g/mol. The lowest BCUT2D eigenvalue weighted by atomic mass is 10.3. The van der Waals surface area contributed by atoms with Crippen LogP contribution < -0.4 is 5.32 Å². The second-order valence-electron chi connectivity index (χ2n) is 2.77. The number of aromatic nitrogens is 1. The highest BCUT2D eigenvalue weighted by Crippen LogP contribution is 2.00. The van der Waals surface area contributed by atoms with E-state index in [1.165, 1.54) is 0 Å². The molecule has 1 heterocycles. The molecular formula is C9H14N2O. The lowest BCUT2D eigenvalue weighted by molar-refractivity contribution is 0.442. The predicted octanol–water partition coefficient (Wildman–Crippen LogP) is 1.65. The van der Waals surface area contributed by atoms with Crippen molar-refractivity contribution >= 4 is 0 Å². The van der Waals surface area contributed by atoms with Gasteiger partial charge in [-0.3, -0.25) is 0 Å². The summed E-state index contributed by atoms with van der Waals surface area (Å²) in [6.07, 6.45) is 3.56. The van der Waals surface area contributed by atoms with Crippen molar-refractivity contribution in [3.63, 3.8) is 0 Å². The average Bonchev–Trinajstić information content (AvgIpc) is 2.47. The van der Waals surface area contributed by atoms with Gasteiger partial charge in [-0.05, 0) is 13.8 Å². The SMILES string of the molecule is C=CC(C)NCc1ncc(C)o1. The van der Waals surface area contributed by atoms with E-state index in [1.807, 2.05) is 19.9 Å². The molecule has 3 heteroatoms. The minimum Gasteiger partial charge on any atom is -0.445 e. The monoisotopic (exact) mass is 166 g/mol. The summed E-state index contributed by atoms with van der Waals surface area (Å²) in [7, 11) is 0. The van der Waals surface area contributed by atoms with E-state index in [0.717, 1.165) is 11.7 Å². The summed E-state index contributed by atoms with van der Waals surface area (Å²) in [6.45, 7) is 8.23. The van der Waals surface area contributed by atoms with Crippen LogP contribution in [0.4, 0.5) is 0 Å². The van der Waals surface area contributed by atoms with Gasteiger partial charge in [0, 0.05) is 6.04 Å². The maximum absolute atomic E-state index is 5.27. The molecule has 0 aromatic carbocycles. The molecule has 0 aliphatic rings. The molecule has 1 aromatic heterocycles. The van der Waals surface area contributed by atoms with E-state index in [4.69, 9.17) is 4.42 Å². The Morgan fingerprint density at radius 2 is 2.58 bits per heavy atom. The molecule has 66 valence electrons. The number of aryl methyl sites for hydroxylation is 1. The number of hydrogen-bond acceptors (Lipinski definition) is 3. The number of nitrogens with one attached hydrogen (secondary N) is 1. The summed E-state index contributed by atoms with van der Waals surface area (Å²) < 4.78 is 5.27. The zero-order valence-electron chi connectivity index (χ0n) is 7.50. The minimum atomic E-state index is 0.289. The molecule has 0 radical (unpaired) electrons. The van der Waals surface area contributed by atoms with Gasteiger partial charge in [-0.25, -0.2) is 4.98 Å². The van der Waals surface area contributed by atoms with Crippen molar-refractivity contribution in [1.29, 1.82) is 0 Å². The Labute approximate surface area is 72.5 Å². The molecule has 3 nitrogen and oxygen atoms in total. The molecule has 0 bridgehead atoms. The first-order valence-corrected chi connectivity index (χ1v) is 3.99. The number of rotatable bonds is 4. The smallest absolute Gasteiger partial charge is 0.208 e. The molecule has 1 aromatic rings. The fraction of sp³-hybridized carbons (Fsp3) is 0.444. The molecule has 0 spiro atoms. The topological polar surface area (TPSA) is 38.1 Å². The van der Waals surface area contributed by atoms with Crippen molar-refractivity contribution in [2.45, 2.75) is 26.4 Å². The maximum Gasteiger partial charge on any atom is 0.208 e. The summed E-state index contributed by atoms with van der Waals surface area (Å²) in [5.74, 6) is 1.57. The molecule has 0 amide bonds. The molecule has 1 N–H and O–H groups in total. The van der Waals surface area contributed by atoms with Gasteiger partial charge in [-0.2, -0.15) is 0 Å². The van der Waals surface area contributed by atoms with Crippen LogP contribution in [0.15, 0.2) is 23.3 Å². The Hall–Kier alpha value is -1.09. The Kier molecular flexibility index (Phi) is 3.05. The standard InChI is InChI=1S/C9H14N2O/c1-4-7(2)10-6-9-11-5-8(3)12-9/h4-5,7,10H,1,6H2,2-3H3. The van der Waals surface area contributed by atoms with Crippen LogP contribution in [0.2, 0.25) is 0 Å². The lowest BCUT2D eigenvalue weighted by Crippen LogP contribution is -2.22. The Morgan fingerprint density at radius 3 is 3.08 bits per heavy atom. The summed E-state index contributed by atoms with van der Waals surface area (Å²) in [5.41, 5.74) is 0. The highest BCUT2D eigenvalue weighted by atomic mass is 16.4. The fourth-order valence-electron chi connectivity index (χ4n) is 0.815. The van der Waals surface area contributed by atoms with Gasteiger partial charge in [0.05, 0.1) is 12.7 Å². The number of nitrogens with zero attached hydrogens (tertiary/aromatic N) is 1. The van der Waals surface area contributed by atoms with E-state index in [2.05, 4.69) is 16.9 Å². The summed E-state index contributed by atoms with van der Waals surface area (Å²) in [6, 6.07) is 0.289. The molecule has 0 aliphatic carbocycles. The second kappa shape index (κ2) is 4.07. The predicted molar refractivity (Wildman–Crippen MR) is 47.7 cm³/mol. The molecule has 0 fully saturated rings. The zero-order chi connectivity index (χ0) is 8.97. The number of hydrogen-bond donors (Lipinski definition) is 1. The molecule has 12 heavy (non-hydrogen) atoms. The van der Waals surface area contributed by atoms with Gasteiger partial charge in [0.25, 0.3) is 0 Å². The van der Waals surface area contributed by atoms with Crippen LogP contribution in [0.3, 0.4) is 0 Å². The third kappa shape index (κ3) is 2.51. The third-order valence-electron chi connectivity index (χ3n) is 1.60. The van der Waals surface area contributed by atoms with Gasteiger partial charge < -0.3 is 9.73 Å². The van der Waals surface area contributed by atoms with Crippen LogP contribution in [0.1, 0.15) is 18.6 Å². The minimum absolute atomic E-state index is 0.289. The first-order valence-electron chi connectivity index (χ1n) is 3.99. The number of oxazole rings is 1. The third-order valence-corrected chi connectivity index (χ3v) is 1.60. The molecule has 0 saturated heterocycles. The van der Waals surface area contributed by atoms with E-state index in [9.17, 15) is 0 Å². The zero-order valence-corrected chi connectivity index (χ0v) is 7.50. The second-order valence-corrected chi connectivity index (χ2v) is 2.77. The van der Waals surface area contributed by atoms with E-state index < -0.39 is 0 Å². The molecule has 1 atom stereocenters. The van der Waals surface area contributed by atoms with Crippen LogP contribution in [-0.4, -0.2) is 11.0 Å². The first-order chi connectivity index (χ1) is 5.72. The first kappa shape index (κ1) is 9.00. The summed E-state index contributed by atoms with van der Waals surface area (Å²) in [5, 5.41) is 3.19. The van der Waals surface area contributed by atoms with Crippen molar-refractivity contribution in [3.05, 3.63) is 30.5 Å². The molecular weight excluding hydrogens is 152 g/mol. The Balaban J connectivity index is 2.37. The highest BCUT2D eigenvalue weighted by molar-refractivity contribution is 4.91. The fourth-order valence-corrected chi connectivity index (χ4v) is 0.815. The van der Waals surface area contributed by atoms with Crippen molar-refractivity contribution in [3.8, 4) is 0 Å². The van der Waals surface area contributed by atoms with Gasteiger partial charge in [-0.1, -0.05) is 6.08 Å². The molecule has 0 aliphatic heterocycles.